The highest BCUT2D eigenvalue weighted by Gasteiger charge is 2.30. The first kappa shape index (κ1) is 12.2. The molecule has 0 aromatic carbocycles. The number of aryl methyl sites for hydroxylation is 2. The number of hydrogen-bond donors (Lipinski definition) is 1. The predicted molar refractivity (Wildman–Crippen MR) is 60.8 cm³/mol. The zero-order valence-electron chi connectivity index (χ0n) is 9.33. The molecule has 0 bridgehead atoms. The van der Waals surface area contributed by atoms with Crippen molar-refractivity contribution in [3.63, 3.8) is 0 Å². The summed E-state index contributed by atoms with van der Waals surface area (Å²) < 4.78 is 2.63. The summed E-state index contributed by atoms with van der Waals surface area (Å²) in [6.07, 6.45) is 0.459. The lowest BCUT2D eigenvalue weighted by Crippen LogP contribution is -2.27. The molecule has 1 N–H and O–H groups in total. The second kappa shape index (κ2) is 3.96. The van der Waals surface area contributed by atoms with Gasteiger partial charge in [-0.2, -0.15) is 5.10 Å². The Morgan fingerprint density at radius 2 is 2.13 bits per heavy atom. The molecule has 0 radical (unpaired) electrons. The van der Waals surface area contributed by atoms with E-state index in [0.717, 1.165) is 15.9 Å². The number of aromatic nitrogens is 2. The Morgan fingerprint density at radius 1 is 1.60 bits per heavy atom. The molecule has 0 fully saturated rings. The van der Waals surface area contributed by atoms with E-state index >= 15 is 0 Å². The van der Waals surface area contributed by atoms with Crippen LogP contribution in [-0.2, 0) is 18.3 Å². The van der Waals surface area contributed by atoms with E-state index in [-0.39, 0.29) is 0 Å². The first-order valence-electron chi connectivity index (χ1n) is 4.67. The Labute approximate surface area is 97.4 Å². The van der Waals surface area contributed by atoms with E-state index in [0.29, 0.717) is 6.42 Å². The van der Waals surface area contributed by atoms with Crippen molar-refractivity contribution in [2.75, 3.05) is 0 Å². The van der Waals surface area contributed by atoms with Crippen molar-refractivity contribution in [2.45, 2.75) is 27.2 Å². The molecule has 5 heteroatoms. The smallest absolute Gasteiger partial charge is 0.309 e. The van der Waals surface area contributed by atoms with Crippen LogP contribution in [0.2, 0.25) is 0 Å². The lowest BCUT2D eigenvalue weighted by molar-refractivity contribution is -0.146. The molecular weight excluding hydrogens is 260 g/mol. The summed E-state index contributed by atoms with van der Waals surface area (Å²) in [6.45, 7) is 5.32. The molecule has 0 saturated heterocycles. The van der Waals surface area contributed by atoms with Crippen molar-refractivity contribution < 1.29 is 9.90 Å². The second-order valence-corrected chi connectivity index (χ2v) is 5.13. The van der Waals surface area contributed by atoms with Gasteiger partial charge in [-0.05, 0) is 36.7 Å². The summed E-state index contributed by atoms with van der Waals surface area (Å²) in [7, 11) is 1.82. The number of nitrogens with zero attached hydrogens (tertiary/aromatic N) is 2. The summed E-state index contributed by atoms with van der Waals surface area (Å²) in [5.41, 5.74) is 1.02. The molecular formula is C10H15BrN2O2. The van der Waals surface area contributed by atoms with Crippen LogP contribution in [0.15, 0.2) is 4.47 Å². The molecule has 1 aromatic rings. The molecule has 0 aliphatic carbocycles. The Kier molecular flexibility index (Phi) is 3.23. The molecule has 0 saturated carbocycles. The number of carboxylic acid groups (broad SMARTS) is 1. The van der Waals surface area contributed by atoms with Gasteiger partial charge in [-0.1, -0.05) is 0 Å². The van der Waals surface area contributed by atoms with Crippen molar-refractivity contribution in [3.8, 4) is 0 Å². The molecule has 0 unspecified atom stereocenters. The highest BCUT2D eigenvalue weighted by atomic mass is 79.9. The fourth-order valence-electron chi connectivity index (χ4n) is 1.37. The van der Waals surface area contributed by atoms with Crippen molar-refractivity contribution in [3.05, 3.63) is 15.9 Å². The average molecular weight is 275 g/mol. The van der Waals surface area contributed by atoms with E-state index in [1.807, 2.05) is 14.0 Å². The van der Waals surface area contributed by atoms with E-state index in [9.17, 15) is 4.79 Å². The minimum Gasteiger partial charge on any atom is -0.481 e. The molecule has 1 aromatic heterocycles. The van der Waals surface area contributed by atoms with Crippen LogP contribution in [0, 0.1) is 12.3 Å². The lowest BCUT2D eigenvalue weighted by atomic mass is 9.88. The maximum atomic E-state index is 11.0. The van der Waals surface area contributed by atoms with E-state index in [2.05, 4.69) is 21.0 Å². The summed E-state index contributed by atoms with van der Waals surface area (Å²) in [6, 6.07) is 0. The van der Waals surface area contributed by atoms with E-state index in [1.54, 1.807) is 18.5 Å². The highest BCUT2D eigenvalue weighted by molar-refractivity contribution is 9.10. The van der Waals surface area contributed by atoms with E-state index in [1.165, 1.54) is 0 Å². The summed E-state index contributed by atoms with van der Waals surface area (Å²) in [4.78, 5) is 11.0. The largest absolute Gasteiger partial charge is 0.481 e. The van der Waals surface area contributed by atoms with Crippen LogP contribution in [0.5, 0.6) is 0 Å². The summed E-state index contributed by atoms with van der Waals surface area (Å²) in [5.74, 6) is -0.798. The normalized spacial score (nSPS) is 11.8. The first-order valence-corrected chi connectivity index (χ1v) is 5.46. The van der Waals surface area contributed by atoms with Gasteiger partial charge in [0.15, 0.2) is 0 Å². The maximum Gasteiger partial charge on any atom is 0.309 e. The van der Waals surface area contributed by atoms with Gasteiger partial charge in [0.2, 0.25) is 0 Å². The molecule has 1 rings (SSSR count). The fraction of sp³-hybridized carbons (Fsp3) is 0.600. The quantitative estimate of drug-likeness (QED) is 0.919. The van der Waals surface area contributed by atoms with Gasteiger partial charge >= 0.3 is 5.97 Å². The molecule has 15 heavy (non-hydrogen) atoms. The number of hydrogen-bond acceptors (Lipinski definition) is 2. The zero-order chi connectivity index (χ0) is 11.8. The molecule has 84 valence electrons. The molecule has 4 nitrogen and oxygen atoms in total. The fourth-order valence-corrected chi connectivity index (χ4v) is 1.84. The molecule has 0 aliphatic heterocycles. The number of aliphatic carboxylic acids is 1. The van der Waals surface area contributed by atoms with E-state index in [4.69, 9.17) is 5.11 Å². The standard InChI is InChI=1S/C10H15BrN2O2/c1-6-8(11)7(13(4)12-6)5-10(2,3)9(14)15/h5H2,1-4H3,(H,14,15). The predicted octanol–water partition coefficient (Wildman–Crippen LogP) is 2.14. The molecule has 1 heterocycles. The molecule has 0 atom stereocenters. The number of halogens is 1. The number of rotatable bonds is 3. The van der Waals surface area contributed by atoms with Crippen molar-refractivity contribution in [2.24, 2.45) is 12.5 Å². The average Bonchev–Trinajstić information content (AvgIpc) is 2.32. The minimum atomic E-state index is -0.798. The van der Waals surface area contributed by atoms with Gasteiger partial charge in [0.1, 0.15) is 0 Å². The first-order chi connectivity index (χ1) is 6.75. The van der Waals surface area contributed by atoms with Crippen LogP contribution in [0.1, 0.15) is 25.2 Å². The van der Waals surface area contributed by atoms with Crippen molar-refractivity contribution >= 4 is 21.9 Å². The van der Waals surface area contributed by atoms with Crippen molar-refractivity contribution in [1.29, 1.82) is 0 Å². The van der Waals surface area contributed by atoms with Crippen molar-refractivity contribution in [1.82, 2.24) is 9.78 Å². The van der Waals surface area contributed by atoms with Gasteiger partial charge in [-0.3, -0.25) is 9.48 Å². The molecule has 0 spiro atoms. The van der Waals surface area contributed by atoms with Crippen LogP contribution in [0.4, 0.5) is 0 Å². The van der Waals surface area contributed by atoms with Crippen LogP contribution >= 0.6 is 15.9 Å². The van der Waals surface area contributed by atoms with Crippen LogP contribution in [0.25, 0.3) is 0 Å². The van der Waals surface area contributed by atoms with Crippen LogP contribution in [0.3, 0.4) is 0 Å². The Hall–Kier alpha value is -0.840. The Morgan fingerprint density at radius 3 is 2.47 bits per heavy atom. The Balaban J connectivity index is 3.04. The lowest BCUT2D eigenvalue weighted by Gasteiger charge is -2.19. The van der Waals surface area contributed by atoms with E-state index < -0.39 is 11.4 Å². The highest BCUT2D eigenvalue weighted by Crippen LogP contribution is 2.28. The molecule has 0 amide bonds. The van der Waals surface area contributed by atoms with Gasteiger partial charge in [0.25, 0.3) is 0 Å². The van der Waals surface area contributed by atoms with Crippen LogP contribution < -0.4 is 0 Å². The van der Waals surface area contributed by atoms with Crippen LogP contribution in [-0.4, -0.2) is 20.9 Å². The van der Waals surface area contributed by atoms with Gasteiger partial charge in [0.05, 0.1) is 21.3 Å². The topological polar surface area (TPSA) is 55.1 Å². The number of carbonyl (C=O) groups is 1. The van der Waals surface area contributed by atoms with Gasteiger partial charge < -0.3 is 5.11 Å². The summed E-state index contributed by atoms with van der Waals surface area (Å²) in [5, 5.41) is 13.3. The third-order valence-corrected chi connectivity index (χ3v) is 3.48. The maximum absolute atomic E-state index is 11.0. The van der Waals surface area contributed by atoms with Gasteiger partial charge in [-0.25, -0.2) is 0 Å². The minimum absolute atomic E-state index is 0.459. The number of carboxylic acids is 1. The monoisotopic (exact) mass is 274 g/mol. The SMILES string of the molecule is Cc1nn(C)c(CC(C)(C)C(=O)O)c1Br. The van der Waals surface area contributed by atoms with Gasteiger partial charge in [0, 0.05) is 13.5 Å². The Bertz CT molecular complexity index is 396. The summed E-state index contributed by atoms with van der Waals surface area (Å²) >= 11 is 3.43. The third-order valence-electron chi connectivity index (χ3n) is 2.45. The zero-order valence-corrected chi connectivity index (χ0v) is 10.9. The molecule has 0 aliphatic rings. The second-order valence-electron chi connectivity index (χ2n) is 4.34. The third kappa shape index (κ3) is 2.40. The van der Waals surface area contributed by atoms with Gasteiger partial charge in [-0.15, -0.1) is 0 Å².